The lowest BCUT2D eigenvalue weighted by Gasteiger charge is -2.25. The van der Waals surface area contributed by atoms with E-state index in [1.54, 1.807) is 26.4 Å². The molecule has 3 rings (SSSR count). The van der Waals surface area contributed by atoms with Gasteiger partial charge < -0.3 is 14.4 Å². The Morgan fingerprint density at radius 2 is 1.96 bits per heavy atom. The second-order valence-corrected chi connectivity index (χ2v) is 6.17. The van der Waals surface area contributed by atoms with Crippen molar-refractivity contribution in [2.45, 2.75) is 25.3 Å². The van der Waals surface area contributed by atoms with Crippen molar-refractivity contribution in [2.75, 3.05) is 20.8 Å². The van der Waals surface area contributed by atoms with Gasteiger partial charge in [-0.05, 0) is 48.2 Å². The van der Waals surface area contributed by atoms with E-state index in [0.29, 0.717) is 18.0 Å². The zero-order valence-electron chi connectivity index (χ0n) is 14.5. The lowest BCUT2D eigenvalue weighted by molar-refractivity contribution is -0.131. The predicted octanol–water partition coefficient (Wildman–Crippen LogP) is 3.75. The summed E-state index contributed by atoms with van der Waals surface area (Å²) in [5, 5.41) is 0. The molecule has 4 nitrogen and oxygen atoms in total. The molecule has 25 heavy (non-hydrogen) atoms. The van der Waals surface area contributed by atoms with Gasteiger partial charge in [0.15, 0.2) is 11.5 Å². The minimum Gasteiger partial charge on any atom is -0.493 e. The molecule has 2 aromatic rings. The maximum absolute atomic E-state index is 13.5. The molecule has 0 aliphatic carbocycles. The van der Waals surface area contributed by atoms with E-state index in [0.717, 1.165) is 24.0 Å². The van der Waals surface area contributed by atoms with Gasteiger partial charge in [0.1, 0.15) is 5.82 Å². The number of amides is 1. The molecule has 0 radical (unpaired) electrons. The van der Waals surface area contributed by atoms with Crippen LogP contribution in [-0.4, -0.2) is 31.6 Å². The first-order valence-corrected chi connectivity index (χ1v) is 8.38. The highest BCUT2D eigenvalue weighted by atomic mass is 19.1. The number of nitrogens with zero attached hydrogens (tertiary/aromatic N) is 1. The zero-order chi connectivity index (χ0) is 17.8. The number of rotatable bonds is 5. The summed E-state index contributed by atoms with van der Waals surface area (Å²) >= 11 is 0. The lowest BCUT2D eigenvalue weighted by atomic mass is 10.0. The van der Waals surface area contributed by atoms with Crippen molar-refractivity contribution in [1.29, 1.82) is 0 Å². The van der Waals surface area contributed by atoms with Gasteiger partial charge in [-0.3, -0.25) is 4.79 Å². The molecule has 132 valence electrons. The summed E-state index contributed by atoms with van der Waals surface area (Å²) in [5.74, 6) is 1.02. The summed E-state index contributed by atoms with van der Waals surface area (Å²) < 4.78 is 24.0. The molecule has 1 heterocycles. The molecule has 1 unspecified atom stereocenters. The number of ether oxygens (including phenoxy) is 2. The summed E-state index contributed by atoms with van der Waals surface area (Å²) in [6, 6.07) is 12.0. The maximum atomic E-state index is 13.5. The van der Waals surface area contributed by atoms with E-state index in [1.807, 2.05) is 23.1 Å². The van der Waals surface area contributed by atoms with E-state index < -0.39 is 0 Å². The number of hydrogen-bond donors (Lipinski definition) is 0. The van der Waals surface area contributed by atoms with Crippen molar-refractivity contribution in [3.8, 4) is 11.5 Å². The van der Waals surface area contributed by atoms with Gasteiger partial charge in [0, 0.05) is 6.54 Å². The van der Waals surface area contributed by atoms with Gasteiger partial charge in [0.2, 0.25) is 5.91 Å². The molecule has 1 saturated heterocycles. The van der Waals surface area contributed by atoms with Crippen LogP contribution in [0.2, 0.25) is 0 Å². The Morgan fingerprint density at radius 1 is 1.16 bits per heavy atom. The Labute approximate surface area is 147 Å². The fourth-order valence-electron chi connectivity index (χ4n) is 3.39. The second kappa shape index (κ2) is 7.55. The van der Waals surface area contributed by atoms with E-state index in [4.69, 9.17) is 9.47 Å². The van der Waals surface area contributed by atoms with E-state index in [9.17, 15) is 9.18 Å². The van der Waals surface area contributed by atoms with Gasteiger partial charge in [-0.2, -0.15) is 0 Å². The van der Waals surface area contributed by atoms with Crippen LogP contribution in [0.1, 0.15) is 30.0 Å². The van der Waals surface area contributed by atoms with Crippen LogP contribution in [0.5, 0.6) is 11.5 Å². The number of methoxy groups -OCH3 is 2. The normalized spacial score (nSPS) is 16.8. The van der Waals surface area contributed by atoms with E-state index in [2.05, 4.69) is 0 Å². The number of benzene rings is 2. The van der Waals surface area contributed by atoms with Crippen LogP contribution in [0.25, 0.3) is 0 Å². The Hall–Kier alpha value is -2.56. The molecule has 0 N–H and O–H groups in total. The van der Waals surface area contributed by atoms with Crippen LogP contribution < -0.4 is 9.47 Å². The molecule has 0 bridgehead atoms. The third-order valence-corrected chi connectivity index (χ3v) is 4.61. The van der Waals surface area contributed by atoms with Crippen LogP contribution in [0.3, 0.4) is 0 Å². The molecular weight excluding hydrogens is 321 g/mol. The number of carbonyl (C=O) groups excluding carboxylic acids is 1. The Morgan fingerprint density at radius 3 is 2.68 bits per heavy atom. The minimum absolute atomic E-state index is 0.0407. The van der Waals surface area contributed by atoms with Gasteiger partial charge >= 0.3 is 0 Å². The van der Waals surface area contributed by atoms with Crippen molar-refractivity contribution in [3.05, 3.63) is 59.4 Å². The number of carbonyl (C=O) groups is 1. The topological polar surface area (TPSA) is 38.8 Å². The fourth-order valence-corrected chi connectivity index (χ4v) is 3.39. The number of hydrogen-bond acceptors (Lipinski definition) is 3. The van der Waals surface area contributed by atoms with Gasteiger partial charge in [-0.1, -0.05) is 18.2 Å². The lowest BCUT2D eigenvalue weighted by Crippen LogP contribution is -2.31. The quantitative estimate of drug-likeness (QED) is 0.830. The first-order chi connectivity index (χ1) is 12.1. The molecule has 0 saturated carbocycles. The van der Waals surface area contributed by atoms with Crippen LogP contribution in [0, 0.1) is 5.82 Å². The fraction of sp³-hybridized carbons (Fsp3) is 0.350. The highest BCUT2D eigenvalue weighted by Gasteiger charge is 2.30. The molecule has 1 amide bonds. The highest BCUT2D eigenvalue weighted by Crippen LogP contribution is 2.33. The molecule has 1 aliphatic rings. The van der Waals surface area contributed by atoms with E-state index in [-0.39, 0.29) is 24.2 Å². The van der Waals surface area contributed by atoms with Crippen LogP contribution >= 0.6 is 0 Å². The molecule has 0 spiro atoms. The molecule has 0 aromatic heterocycles. The third kappa shape index (κ3) is 3.76. The predicted molar refractivity (Wildman–Crippen MR) is 93.3 cm³/mol. The minimum atomic E-state index is -0.267. The SMILES string of the molecule is COc1ccc(CC(=O)N2CCCC2c2cccc(F)c2)cc1OC. The summed E-state index contributed by atoms with van der Waals surface area (Å²) in [6.07, 6.45) is 2.08. The number of likely N-dealkylation sites (tertiary alicyclic amines) is 1. The molecule has 1 fully saturated rings. The zero-order valence-corrected chi connectivity index (χ0v) is 14.5. The third-order valence-electron chi connectivity index (χ3n) is 4.61. The summed E-state index contributed by atoms with van der Waals surface area (Å²) in [6.45, 7) is 0.702. The molecule has 1 atom stereocenters. The van der Waals surface area contributed by atoms with Crippen LogP contribution in [0.15, 0.2) is 42.5 Å². The Kier molecular flexibility index (Phi) is 5.22. The van der Waals surface area contributed by atoms with Crippen LogP contribution in [0.4, 0.5) is 4.39 Å². The van der Waals surface area contributed by atoms with Gasteiger partial charge in [0.25, 0.3) is 0 Å². The standard InChI is InChI=1S/C20H22FNO3/c1-24-18-9-8-14(11-19(18)25-2)12-20(23)22-10-4-7-17(22)15-5-3-6-16(21)13-15/h3,5-6,8-9,11,13,17H,4,7,10,12H2,1-2H3. The average Bonchev–Trinajstić information content (AvgIpc) is 3.11. The highest BCUT2D eigenvalue weighted by molar-refractivity contribution is 5.79. The second-order valence-electron chi connectivity index (χ2n) is 6.17. The van der Waals surface area contributed by atoms with Crippen molar-refractivity contribution in [2.24, 2.45) is 0 Å². The Balaban J connectivity index is 1.76. The maximum Gasteiger partial charge on any atom is 0.227 e. The van der Waals surface area contributed by atoms with Gasteiger partial charge in [-0.25, -0.2) is 4.39 Å². The monoisotopic (exact) mass is 343 g/mol. The van der Waals surface area contributed by atoms with E-state index >= 15 is 0 Å². The van der Waals surface area contributed by atoms with Gasteiger partial charge in [-0.15, -0.1) is 0 Å². The summed E-state index contributed by atoms with van der Waals surface area (Å²) in [5.41, 5.74) is 1.73. The first kappa shape index (κ1) is 17.3. The number of halogens is 1. The smallest absolute Gasteiger partial charge is 0.227 e. The molecular formula is C20H22FNO3. The van der Waals surface area contributed by atoms with Crippen molar-refractivity contribution in [1.82, 2.24) is 4.90 Å². The molecule has 1 aliphatic heterocycles. The van der Waals surface area contributed by atoms with Crippen molar-refractivity contribution in [3.63, 3.8) is 0 Å². The average molecular weight is 343 g/mol. The van der Waals surface area contributed by atoms with Gasteiger partial charge in [0.05, 0.1) is 26.7 Å². The van der Waals surface area contributed by atoms with Crippen molar-refractivity contribution >= 4 is 5.91 Å². The summed E-state index contributed by atoms with van der Waals surface area (Å²) in [7, 11) is 3.15. The largest absolute Gasteiger partial charge is 0.493 e. The first-order valence-electron chi connectivity index (χ1n) is 8.38. The Bertz CT molecular complexity index is 762. The molecule has 5 heteroatoms. The summed E-state index contributed by atoms with van der Waals surface area (Å²) in [4.78, 5) is 14.7. The molecule has 2 aromatic carbocycles. The van der Waals surface area contributed by atoms with Crippen LogP contribution in [-0.2, 0) is 11.2 Å². The van der Waals surface area contributed by atoms with Crippen molar-refractivity contribution < 1.29 is 18.7 Å². The van der Waals surface area contributed by atoms with E-state index in [1.165, 1.54) is 12.1 Å².